The number of alkyl halides is 3. The maximum Gasteiger partial charge on any atom is 0.390 e. The summed E-state index contributed by atoms with van der Waals surface area (Å²) in [4.78, 5) is 1.60. The van der Waals surface area contributed by atoms with Gasteiger partial charge in [-0.1, -0.05) is 6.07 Å². The normalized spacial score (nSPS) is 11.6. The zero-order valence-corrected chi connectivity index (χ0v) is 10.0. The van der Waals surface area contributed by atoms with Gasteiger partial charge in [0.25, 0.3) is 0 Å². The molecule has 1 rings (SSSR count). The minimum atomic E-state index is -4.11. The molecular formula is C12H17F3N2. The van der Waals surface area contributed by atoms with E-state index < -0.39 is 12.6 Å². The van der Waals surface area contributed by atoms with Gasteiger partial charge in [-0.2, -0.15) is 13.2 Å². The molecule has 0 aliphatic heterocycles. The Morgan fingerprint density at radius 3 is 2.41 bits per heavy atom. The van der Waals surface area contributed by atoms with Crippen LogP contribution in [0.1, 0.15) is 17.5 Å². The molecule has 0 aliphatic carbocycles. The lowest BCUT2D eigenvalue weighted by Crippen LogP contribution is -2.24. The molecule has 0 aromatic heterocycles. The molecule has 1 aromatic carbocycles. The largest absolute Gasteiger partial charge is 0.390 e. The first-order valence-corrected chi connectivity index (χ1v) is 5.41. The second-order valence-electron chi connectivity index (χ2n) is 4.10. The van der Waals surface area contributed by atoms with Gasteiger partial charge < -0.3 is 10.6 Å². The second kappa shape index (κ2) is 5.40. The highest BCUT2D eigenvalue weighted by atomic mass is 19.4. The minimum absolute atomic E-state index is 0.0368. The fourth-order valence-corrected chi connectivity index (χ4v) is 1.57. The molecule has 0 spiro atoms. The van der Waals surface area contributed by atoms with E-state index in [0.29, 0.717) is 6.54 Å². The number of benzene rings is 1. The van der Waals surface area contributed by atoms with Crippen LogP contribution in [-0.4, -0.2) is 19.8 Å². The first kappa shape index (κ1) is 13.8. The maximum atomic E-state index is 12.1. The smallest absolute Gasteiger partial charge is 0.374 e. The fraction of sp³-hybridized carbons (Fsp3) is 0.500. The third-order valence-corrected chi connectivity index (χ3v) is 2.72. The van der Waals surface area contributed by atoms with Crippen LogP contribution in [0.25, 0.3) is 0 Å². The fourth-order valence-electron chi connectivity index (χ4n) is 1.57. The monoisotopic (exact) mass is 246 g/mol. The Morgan fingerprint density at radius 1 is 1.29 bits per heavy atom. The summed E-state index contributed by atoms with van der Waals surface area (Å²) in [7, 11) is 1.66. The SMILES string of the molecule is Cc1cc(N(C)CCC(F)(F)F)ccc1CN. The lowest BCUT2D eigenvalue weighted by atomic mass is 10.1. The number of anilines is 1. The van der Waals surface area contributed by atoms with Crippen LogP contribution < -0.4 is 10.6 Å². The molecule has 17 heavy (non-hydrogen) atoms. The van der Waals surface area contributed by atoms with Crippen molar-refractivity contribution in [2.24, 2.45) is 5.73 Å². The molecule has 2 N–H and O–H groups in total. The summed E-state index contributed by atoms with van der Waals surface area (Å²) in [5.74, 6) is 0. The molecule has 0 fully saturated rings. The van der Waals surface area contributed by atoms with E-state index in [9.17, 15) is 13.2 Å². The number of halogens is 3. The zero-order valence-electron chi connectivity index (χ0n) is 10.0. The van der Waals surface area contributed by atoms with Crippen molar-refractivity contribution >= 4 is 5.69 Å². The van der Waals surface area contributed by atoms with Crippen LogP contribution in [-0.2, 0) is 6.54 Å². The van der Waals surface area contributed by atoms with E-state index >= 15 is 0 Å². The van der Waals surface area contributed by atoms with Gasteiger partial charge in [0.1, 0.15) is 0 Å². The Kier molecular flexibility index (Phi) is 4.40. The molecule has 0 bridgehead atoms. The summed E-state index contributed by atoms with van der Waals surface area (Å²) in [5, 5.41) is 0. The highest BCUT2D eigenvalue weighted by molar-refractivity contribution is 5.50. The van der Waals surface area contributed by atoms with Crippen molar-refractivity contribution in [3.05, 3.63) is 29.3 Å². The molecule has 0 atom stereocenters. The third kappa shape index (κ3) is 4.26. The second-order valence-corrected chi connectivity index (χ2v) is 4.10. The molecule has 1 aromatic rings. The van der Waals surface area contributed by atoms with Crippen LogP contribution in [0.5, 0.6) is 0 Å². The summed E-state index contributed by atoms with van der Waals surface area (Å²) < 4.78 is 36.3. The summed E-state index contributed by atoms with van der Waals surface area (Å²) in [5.41, 5.74) is 8.33. The standard InChI is InChI=1S/C12H17F3N2/c1-9-7-11(4-3-10(9)8-16)17(2)6-5-12(13,14)15/h3-4,7H,5-6,8,16H2,1-2H3. The molecule has 96 valence electrons. The van der Waals surface area contributed by atoms with Gasteiger partial charge in [-0.05, 0) is 30.2 Å². The van der Waals surface area contributed by atoms with Crippen molar-refractivity contribution < 1.29 is 13.2 Å². The topological polar surface area (TPSA) is 29.3 Å². The van der Waals surface area contributed by atoms with E-state index in [-0.39, 0.29) is 6.54 Å². The Labute approximate surface area is 99.2 Å². The number of aryl methyl sites for hydroxylation is 1. The molecule has 0 aliphatic rings. The number of hydrogen-bond donors (Lipinski definition) is 1. The minimum Gasteiger partial charge on any atom is -0.374 e. The number of hydrogen-bond acceptors (Lipinski definition) is 2. The quantitative estimate of drug-likeness (QED) is 0.885. The average molecular weight is 246 g/mol. The van der Waals surface area contributed by atoms with Crippen LogP contribution in [0.2, 0.25) is 0 Å². The third-order valence-electron chi connectivity index (χ3n) is 2.72. The lowest BCUT2D eigenvalue weighted by molar-refractivity contribution is -0.132. The molecule has 0 radical (unpaired) electrons. The highest BCUT2D eigenvalue weighted by Gasteiger charge is 2.27. The first-order valence-electron chi connectivity index (χ1n) is 5.41. The predicted molar refractivity (Wildman–Crippen MR) is 63.0 cm³/mol. The molecule has 0 saturated carbocycles. The van der Waals surface area contributed by atoms with E-state index in [1.807, 2.05) is 19.1 Å². The van der Waals surface area contributed by atoms with E-state index in [1.165, 1.54) is 0 Å². The van der Waals surface area contributed by atoms with E-state index in [1.54, 1.807) is 18.0 Å². The Hall–Kier alpha value is -1.23. The van der Waals surface area contributed by atoms with Crippen molar-refractivity contribution in [1.82, 2.24) is 0 Å². The number of nitrogens with two attached hydrogens (primary N) is 1. The van der Waals surface area contributed by atoms with Crippen LogP contribution in [0, 0.1) is 6.92 Å². The first-order chi connectivity index (χ1) is 7.83. The van der Waals surface area contributed by atoms with E-state index in [4.69, 9.17) is 5.73 Å². The number of nitrogens with zero attached hydrogens (tertiary/aromatic N) is 1. The molecule has 2 nitrogen and oxygen atoms in total. The zero-order chi connectivity index (χ0) is 13.1. The summed E-state index contributed by atoms with van der Waals surface area (Å²) in [6.07, 6.45) is -4.91. The van der Waals surface area contributed by atoms with Crippen molar-refractivity contribution in [2.75, 3.05) is 18.5 Å². The molecule has 5 heteroatoms. The van der Waals surface area contributed by atoms with Gasteiger partial charge in [0.15, 0.2) is 0 Å². The van der Waals surface area contributed by atoms with Gasteiger partial charge in [0.2, 0.25) is 0 Å². The van der Waals surface area contributed by atoms with Gasteiger partial charge >= 0.3 is 6.18 Å². The summed E-state index contributed by atoms with van der Waals surface area (Å²) in [6, 6.07) is 5.51. The van der Waals surface area contributed by atoms with E-state index in [2.05, 4.69) is 0 Å². The summed E-state index contributed by atoms with van der Waals surface area (Å²) in [6.45, 7) is 2.31. The molecule has 0 unspecified atom stereocenters. The predicted octanol–water partition coefficient (Wildman–Crippen LogP) is 2.84. The van der Waals surface area contributed by atoms with Gasteiger partial charge in [0, 0.05) is 25.8 Å². The van der Waals surface area contributed by atoms with E-state index in [0.717, 1.165) is 16.8 Å². The van der Waals surface area contributed by atoms with Gasteiger partial charge in [0.05, 0.1) is 6.42 Å². The van der Waals surface area contributed by atoms with Crippen LogP contribution in [0.3, 0.4) is 0 Å². The Balaban J connectivity index is 2.69. The Bertz CT molecular complexity index is 375. The highest BCUT2D eigenvalue weighted by Crippen LogP contribution is 2.23. The molecule has 0 heterocycles. The van der Waals surface area contributed by atoms with Crippen LogP contribution in [0.15, 0.2) is 18.2 Å². The summed E-state index contributed by atoms with van der Waals surface area (Å²) >= 11 is 0. The number of rotatable bonds is 4. The van der Waals surface area contributed by atoms with Gasteiger partial charge in [-0.25, -0.2) is 0 Å². The van der Waals surface area contributed by atoms with Crippen molar-refractivity contribution in [2.45, 2.75) is 26.1 Å². The van der Waals surface area contributed by atoms with Crippen LogP contribution in [0.4, 0.5) is 18.9 Å². The van der Waals surface area contributed by atoms with Crippen molar-refractivity contribution in [1.29, 1.82) is 0 Å². The van der Waals surface area contributed by atoms with Gasteiger partial charge in [-0.3, -0.25) is 0 Å². The Morgan fingerprint density at radius 2 is 1.94 bits per heavy atom. The van der Waals surface area contributed by atoms with Crippen molar-refractivity contribution in [3.63, 3.8) is 0 Å². The van der Waals surface area contributed by atoms with Gasteiger partial charge in [-0.15, -0.1) is 0 Å². The molecule has 0 amide bonds. The molecule has 0 saturated heterocycles. The maximum absolute atomic E-state index is 12.1. The van der Waals surface area contributed by atoms with Crippen molar-refractivity contribution in [3.8, 4) is 0 Å². The average Bonchev–Trinajstić information content (AvgIpc) is 2.24. The lowest BCUT2D eigenvalue weighted by Gasteiger charge is -2.21. The van der Waals surface area contributed by atoms with Crippen LogP contribution >= 0.6 is 0 Å². The molecular weight excluding hydrogens is 229 g/mol.